The molecule has 0 saturated carbocycles. The third kappa shape index (κ3) is 3.31. The minimum Gasteiger partial charge on any atom is -0.274 e. The fraction of sp³-hybridized carbons (Fsp3) is 0.111. The molecule has 0 radical (unpaired) electrons. The lowest BCUT2D eigenvalue weighted by Crippen LogP contribution is -2.08. The Kier molecular flexibility index (Phi) is 3.61. The van der Waals surface area contributed by atoms with Crippen molar-refractivity contribution in [2.75, 3.05) is 6.26 Å². The van der Waals surface area contributed by atoms with Crippen LogP contribution in [-0.4, -0.2) is 33.6 Å². The first-order valence-corrected chi connectivity index (χ1v) is 9.12. The molecule has 7 nitrogen and oxygen atoms in total. The van der Waals surface area contributed by atoms with Gasteiger partial charge in [-0.2, -0.15) is 8.42 Å². The zero-order valence-electron chi connectivity index (χ0n) is 9.67. The predicted molar refractivity (Wildman–Crippen MR) is 70.9 cm³/mol. The lowest BCUT2D eigenvalue weighted by Gasteiger charge is -2.06. The van der Waals surface area contributed by atoms with Crippen LogP contribution >= 0.6 is 10.7 Å². The molecule has 0 aliphatic rings. The van der Waals surface area contributed by atoms with E-state index in [0.29, 0.717) is 5.69 Å². The Morgan fingerprint density at radius 3 is 2.42 bits per heavy atom. The van der Waals surface area contributed by atoms with Crippen LogP contribution in [0.2, 0.25) is 0 Å². The van der Waals surface area contributed by atoms with Crippen LogP contribution in [0.25, 0.3) is 5.69 Å². The summed E-state index contributed by atoms with van der Waals surface area (Å²) in [6.45, 7) is 0. The van der Waals surface area contributed by atoms with Gasteiger partial charge in [-0.05, 0) is 12.1 Å². The lowest BCUT2D eigenvalue weighted by atomic mass is 10.3. The largest absolute Gasteiger partial charge is 0.347 e. The molecule has 1 aromatic heterocycles. The first-order valence-electron chi connectivity index (χ1n) is 4.93. The second-order valence-electron chi connectivity index (χ2n) is 3.61. The summed E-state index contributed by atoms with van der Waals surface area (Å²) in [5.74, 6) is 0. The smallest absolute Gasteiger partial charge is 0.274 e. The highest BCUT2D eigenvalue weighted by Gasteiger charge is 2.19. The molecule has 102 valence electrons. The van der Waals surface area contributed by atoms with Crippen molar-refractivity contribution in [2.24, 2.45) is 3.77 Å². The molecule has 0 fully saturated rings. The van der Waals surface area contributed by atoms with Crippen molar-refractivity contribution in [2.45, 2.75) is 5.16 Å². The van der Waals surface area contributed by atoms with Gasteiger partial charge >= 0.3 is 9.24 Å². The van der Waals surface area contributed by atoms with E-state index in [1.165, 1.54) is 10.9 Å². The quantitative estimate of drug-likeness (QED) is 0.792. The molecule has 0 N–H and O–H groups in total. The standard InChI is InChI=1S/C9H9ClN4O3S2/c1-18(15,13-19(10,16)17)9-12-11-7-14(9)8-5-3-2-4-6-8/h2-7H,1H3/t18-/m1/s1. The van der Waals surface area contributed by atoms with Gasteiger partial charge in [-0.25, -0.2) is 4.21 Å². The normalized spacial score (nSPS) is 14.8. The molecule has 1 aromatic carbocycles. The van der Waals surface area contributed by atoms with Gasteiger partial charge in [0.25, 0.3) is 0 Å². The molecular formula is C9H9ClN4O3S2. The van der Waals surface area contributed by atoms with Crippen LogP contribution in [0.1, 0.15) is 0 Å². The molecule has 0 aliphatic heterocycles. The van der Waals surface area contributed by atoms with Crippen molar-refractivity contribution in [3.05, 3.63) is 36.7 Å². The number of rotatable bonds is 3. The monoisotopic (exact) mass is 320 g/mol. The molecule has 2 aromatic rings. The zero-order valence-corrected chi connectivity index (χ0v) is 12.1. The Balaban J connectivity index is 2.65. The number of hydrogen-bond acceptors (Lipinski definition) is 5. The van der Waals surface area contributed by atoms with Gasteiger partial charge in [-0.3, -0.25) is 4.57 Å². The Bertz CT molecular complexity index is 807. The Morgan fingerprint density at radius 2 is 1.84 bits per heavy atom. The first kappa shape index (κ1) is 14.0. The summed E-state index contributed by atoms with van der Waals surface area (Å²) >= 11 is 0. The van der Waals surface area contributed by atoms with Crippen molar-refractivity contribution < 1.29 is 12.6 Å². The number of aromatic nitrogens is 3. The van der Waals surface area contributed by atoms with E-state index < -0.39 is 19.0 Å². The second-order valence-corrected chi connectivity index (χ2v) is 8.17. The summed E-state index contributed by atoms with van der Waals surface area (Å²) < 4.78 is 38.7. The molecule has 0 unspecified atom stereocenters. The second kappa shape index (κ2) is 4.91. The molecule has 0 aliphatic carbocycles. The van der Waals surface area contributed by atoms with Gasteiger partial charge in [-0.1, -0.05) is 22.0 Å². The fourth-order valence-corrected chi connectivity index (χ4v) is 4.76. The number of nitrogens with zero attached hydrogens (tertiary/aromatic N) is 4. The maximum Gasteiger partial charge on any atom is 0.347 e. The van der Waals surface area contributed by atoms with Crippen LogP contribution in [0.5, 0.6) is 0 Å². The van der Waals surface area contributed by atoms with Crippen LogP contribution in [0.3, 0.4) is 0 Å². The molecule has 10 heteroatoms. The van der Waals surface area contributed by atoms with Crippen LogP contribution in [-0.2, 0) is 19.0 Å². The summed E-state index contributed by atoms with van der Waals surface area (Å²) in [7, 11) is -2.57. The summed E-state index contributed by atoms with van der Waals surface area (Å²) in [6, 6.07) is 8.82. The van der Waals surface area contributed by atoms with Crippen molar-refractivity contribution in [1.82, 2.24) is 14.8 Å². The average molecular weight is 321 g/mol. The summed E-state index contributed by atoms with van der Waals surface area (Å²) in [5.41, 5.74) is 0.638. The SMILES string of the molecule is C[S@](=O)(=NS(=O)(=O)Cl)c1nncn1-c1ccccc1. The van der Waals surface area contributed by atoms with Crippen LogP contribution in [0, 0.1) is 0 Å². The molecular weight excluding hydrogens is 312 g/mol. The molecule has 0 amide bonds. The van der Waals surface area contributed by atoms with E-state index >= 15 is 0 Å². The van der Waals surface area contributed by atoms with Crippen LogP contribution in [0.4, 0.5) is 0 Å². The van der Waals surface area contributed by atoms with Gasteiger partial charge in [0.15, 0.2) is 0 Å². The van der Waals surface area contributed by atoms with Gasteiger partial charge in [0, 0.05) is 22.6 Å². The van der Waals surface area contributed by atoms with E-state index in [4.69, 9.17) is 10.7 Å². The number of benzene rings is 1. The van der Waals surface area contributed by atoms with E-state index in [9.17, 15) is 12.6 Å². The Morgan fingerprint density at radius 1 is 1.21 bits per heavy atom. The molecule has 1 heterocycles. The maximum atomic E-state index is 12.3. The third-order valence-corrected chi connectivity index (χ3v) is 5.43. The van der Waals surface area contributed by atoms with E-state index in [0.717, 1.165) is 6.26 Å². The number of halogens is 1. The van der Waals surface area contributed by atoms with Crippen molar-refractivity contribution in [3.8, 4) is 5.69 Å². The van der Waals surface area contributed by atoms with Gasteiger partial charge in [0.1, 0.15) is 16.1 Å². The van der Waals surface area contributed by atoms with Crippen LogP contribution < -0.4 is 0 Å². The topological polar surface area (TPSA) is 94.3 Å². The van der Waals surface area contributed by atoms with E-state index in [1.807, 2.05) is 6.07 Å². The zero-order chi connectivity index (χ0) is 14.1. The molecule has 0 spiro atoms. The van der Waals surface area contributed by atoms with Gasteiger partial charge in [0.05, 0.1) is 0 Å². The highest BCUT2D eigenvalue weighted by molar-refractivity contribution is 8.17. The molecule has 0 saturated heterocycles. The van der Waals surface area contributed by atoms with Crippen molar-refractivity contribution >= 4 is 29.6 Å². The van der Waals surface area contributed by atoms with E-state index in [2.05, 4.69) is 14.0 Å². The van der Waals surface area contributed by atoms with Gasteiger partial charge < -0.3 is 0 Å². The van der Waals surface area contributed by atoms with Crippen molar-refractivity contribution in [3.63, 3.8) is 0 Å². The molecule has 1 atom stereocenters. The third-order valence-electron chi connectivity index (χ3n) is 2.12. The first-order chi connectivity index (χ1) is 8.80. The van der Waals surface area contributed by atoms with Crippen molar-refractivity contribution in [1.29, 1.82) is 0 Å². The molecule has 2 rings (SSSR count). The van der Waals surface area contributed by atoms with E-state index in [1.54, 1.807) is 24.3 Å². The van der Waals surface area contributed by atoms with Crippen LogP contribution in [0.15, 0.2) is 45.6 Å². The maximum absolute atomic E-state index is 12.3. The van der Waals surface area contributed by atoms with Gasteiger partial charge in [0.2, 0.25) is 5.16 Å². The average Bonchev–Trinajstić information content (AvgIpc) is 2.76. The summed E-state index contributed by atoms with van der Waals surface area (Å²) in [5, 5.41) is 7.22. The van der Waals surface area contributed by atoms with Gasteiger partial charge in [-0.15, -0.1) is 10.2 Å². The minimum atomic E-state index is -4.27. The highest BCUT2D eigenvalue weighted by atomic mass is 35.7. The highest BCUT2D eigenvalue weighted by Crippen LogP contribution is 2.16. The fourth-order valence-electron chi connectivity index (χ4n) is 1.45. The molecule has 19 heavy (non-hydrogen) atoms. The minimum absolute atomic E-state index is 0.0806. The summed E-state index contributed by atoms with van der Waals surface area (Å²) in [4.78, 5) is 0. The summed E-state index contributed by atoms with van der Waals surface area (Å²) in [6.07, 6.45) is 2.46. The Labute approximate surface area is 115 Å². The molecule has 0 bridgehead atoms. The number of para-hydroxylation sites is 1. The van der Waals surface area contributed by atoms with E-state index in [-0.39, 0.29) is 5.16 Å². The predicted octanol–water partition coefficient (Wildman–Crippen LogP) is 1.21. The number of hydrogen-bond donors (Lipinski definition) is 0. The lowest BCUT2D eigenvalue weighted by molar-refractivity contribution is 0.611. The Hall–Kier alpha value is -1.45.